The van der Waals surface area contributed by atoms with Crippen LogP contribution in [0.25, 0.3) is 0 Å². The third kappa shape index (κ3) is 2.85. The maximum Gasteiger partial charge on any atom is 0.0122 e. The highest BCUT2D eigenvalue weighted by Gasteiger charge is 2.34. The lowest BCUT2D eigenvalue weighted by molar-refractivity contribution is 0.163. The summed E-state index contributed by atoms with van der Waals surface area (Å²) in [5.74, 6) is 1.05. The van der Waals surface area contributed by atoms with Crippen LogP contribution < -0.4 is 5.32 Å². The number of rotatable bonds is 4. The van der Waals surface area contributed by atoms with Crippen LogP contribution in [0.2, 0.25) is 0 Å². The van der Waals surface area contributed by atoms with Crippen LogP contribution in [-0.2, 0) is 0 Å². The maximum atomic E-state index is 3.75. The lowest BCUT2D eigenvalue weighted by Gasteiger charge is -2.36. The van der Waals surface area contributed by atoms with Crippen LogP contribution in [0.5, 0.6) is 0 Å². The van der Waals surface area contributed by atoms with Crippen molar-refractivity contribution < 1.29 is 0 Å². The summed E-state index contributed by atoms with van der Waals surface area (Å²) in [7, 11) is 2.37. The van der Waals surface area contributed by atoms with Crippen molar-refractivity contribution in [3.05, 3.63) is 0 Å². The zero-order valence-corrected chi connectivity index (χ0v) is 11.3. The van der Waals surface area contributed by atoms with E-state index in [9.17, 15) is 0 Å². The molecule has 2 saturated heterocycles. The van der Waals surface area contributed by atoms with Crippen molar-refractivity contribution in [3.8, 4) is 0 Å². The number of hydrogen-bond donors (Lipinski definition) is 1. The van der Waals surface area contributed by atoms with E-state index in [-0.39, 0.29) is 0 Å². The first-order valence-corrected chi connectivity index (χ1v) is 7.77. The van der Waals surface area contributed by atoms with Crippen LogP contribution in [0, 0.1) is 5.92 Å². The quantitative estimate of drug-likeness (QED) is 0.807. The molecule has 0 radical (unpaired) electrons. The van der Waals surface area contributed by atoms with Gasteiger partial charge in [-0.2, -0.15) is 0 Å². The summed E-state index contributed by atoms with van der Waals surface area (Å²) in [4.78, 5) is 2.67. The fourth-order valence-corrected chi connectivity index (χ4v) is 4.25. The summed E-state index contributed by atoms with van der Waals surface area (Å²) in [6.45, 7) is 1.34. The van der Waals surface area contributed by atoms with Gasteiger partial charge in [0.05, 0.1) is 0 Å². The average Bonchev–Trinajstić information content (AvgIpc) is 2.96. The lowest BCUT2D eigenvalue weighted by atomic mass is 9.97. The Bertz CT molecular complexity index is 235. The first-order valence-electron chi connectivity index (χ1n) is 7.77. The van der Waals surface area contributed by atoms with Crippen LogP contribution in [0.1, 0.15) is 57.8 Å². The van der Waals surface area contributed by atoms with E-state index in [1.807, 2.05) is 0 Å². The predicted molar refractivity (Wildman–Crippen MR) is 72.2 cm³/mol. The molecular weight excluding hydrogens is 208 g/mol. The third-order valence-electron chi connectivity index (χ3n) is 5.44. The van der Waals surface area contributed by atoms with Crippen molar-refractivity contribution in [2.24, 2.45) is 5.92 Å². The summed E-state index contributed by atoms with van der Waals surface area (Å²) in [6, 6.07) is 2.55. The number of nitrogens with one attached hydrogen (secondary N) is 1. The Kier molecular flexibility index (Phi) is 3.72. The Morgan fingerprint density at radius 1 is 1.00 bits per heavy atom. The molecule has 0 aromatic heterocycles. The summed E-state index contributed by atoms with van der Waals surface area (Å²) >= 11 is 0. The molecule has 2 atom stereocenters. The molecular formula is C15H28N2. The minimum atomic E-state index is 0.840. The van der Waals surface area contributed by atoms with E-state index in [0.717, 1.165) is 24.0 Å². The highest BCUT2D eigenvalue weighted by molar-refractivity contribution is 4.95. The zero-order chi connectivity index (χ0) is 11.7. The van der Waals surface area contributed by atoms with E-state index >= 15 is 0 Å². The molecule has 2 heteroatoms. The molecule has 2 aliphatic heterocycles. The number of hydrogen-bond acceptors (Lipinski definition) is 2. The predicted octanol–water partition coefficient (Wildman–Crippen LogP) is 2.78. The van der Waals surface area contributed by atoms with Gasteiger partial charge in [-0.3, -0.25) is 0 Å². The normalized spacial score (nSPS) is 38.1. The van der Waals surface area contributed by atoms with Gasteiger partial charge < -0.3 is 10.2 Å². The van der Waals surface area contributed by atoms with Gasteiger partial charge in [0.2, 0.25) is 0 Å². The van der Waals surface area contributed by atoms with Gasteiger partial charge in [-0.1, -0.05) is 25.7 Å². The second-order valence-electron chi connectivity index (χ2n) is 6.68. The van der Waals surface area contributed by atoms with Crippen molar-refractivity contribution >= 4 is 0 Å². The van der Waals surface area contributed by atoms with Gasteiger partial charge in [-0.15, -0.1) is 0 Å². The van der Waals surface area contributed by atoms with Crippen LogP contribution in [0.3, 0.4) is 0 Å². The lowest BCUT2D eigenvalue weighted by Crippen LogP contribution is -2.47. The number of nitrogens with zero attached hydrogens (tertiary/aromatic N) is 1. The molecule has 0 amide bonds. The topological polar surface area (TPSA) is 15.3 Å². The second-order valence-corrected chi connectivity index (χ2v) is 6.68. The van der Waals surface area contributed by atoms with Crippen LogP contribution in [0.15, 0.2) is 0 Å². The standard InChI is InChI=1S/C15H28N2/c1-17(9-8-12-4-2-3-5-12)15-10-13-6-7-14(11-15)16-13/h12-16H,2-11H2,1H3. The molecule has 2 unspecified atom stereocenters. The van der Waals surface area contributed by atoms with E-state index in [4.69, 9.17) is 0 Å². The van der Waals surface area contributed by atoms with Gasteiger partial charge in [0.15, 0.2) is 0 Å². The summed E-state index contributed by atoms with van der Waals surface area (Å²) in [5, 5.41) is 3.75. The molecule has 1 aliphatic carbocycles. The molecule has 0 aromatic rings. The Hall–Kier alpha value is -0.0800. The monoisotopic (exact) mass is 236 g/mol. The molecule has 2 bridgehead atoms. The molecule has 1 N–H and O–H groups in total. The van der Waals surface area contributed by atoms with Crippen LogP contribution in [0.4, 0.5) is 0 Å². The molecule has 0 aromatic carbocycles. The van der Waals surface area contributed by atoms with Gasteiger partial charge in [0, 0.05) is 18.1 Å². The van der Waals surface area contributed by atoms with E-state index in [1.165, 1.54) is 64.3 Å². The van der Waals surface area contributed by atoms with Crippen molar-refractivity contribution in [2.45, 2.75) is 75.9 Å². The zero-order valence-electron chi connectivity index (χ0n) is 11.3. The first-order chi connectivity index (χ1) is 8.31. The third-order valence-corrected chi connectivity index (χ3v) is 5.44. The Labute approximate surface area is 106 Å². The van der Waals surface area contributed by atoms with Gasteiger partial charge in [-0.05, 0) is 51.6 Å². The molecule has 3 rings (SSSR count). The SMILES string of the molecule is CN(CCC1CCCC1)C1CC2CCC(C1)N2. The number of piperidine rings is 1. The minimum Gasteiger partial charge on any atom is -0.311 e. The molecule has 0 spiro atoms. The van der Waals surface area contributed by atoms with Crippen LogP contribution >= 0.6 is 0 Å². The van der Waals surface area contributed by atoms with Gasteiger partial charge in [-0.25, -0.2) is 0 Å². The summed E-state index contributed by atoms with van der Waals surface area (Å²) < 4.78 is 0. The molecule has 2 heterocycles. The summed E-state index contributed by atoms with van der Waals surface area (Å²) in [6.07, 6.45) is 13.1. The largest absolute Gasteiger partial charge is 0.311 e. The van der Waals surface area contributed by atoms with Gasteiger partial charge >= 0.3 is 0 Å². The smallest absolute Gasteiger partial charge is 0.0122 e. The highest BCUT2D eigenvalue weighted by Crippen LogP contribution is 2.31. The Morgan fingerprint density at radius 3 is 2.29 bits per heavy atom. The summed E-state index contributed by atoms with van der Waals surface area (Å²) in [5.41, 5.74) is 0. The molecule has 1 saturated carbocycles. The average molecular weight is 236 g/mol. The molecule has 3 aliphatic rings. The van der Waals surface area contributed by atoms with Gasteiger partial charge in [0.1, 0.15) is 0 Å². The van der Waals surface area contributed by atoms with E-state index < -0.39 is 0 Å². The fraction of sp³-hybridized carbons (Fsp3) is 1.00. The Balaban J connectivity index is 1.44. The molecule has 98 valence electrons. The van der Waals surface area contributed by atoms with Gasteiger partial charge in [0.25, 0.3) is 0 Å². The van der Waals surface area contributed by atoms with Crippen molar-refractivity contribution in [2.75, 3.05) is 13.6 Å². The fourth-order valence-electron chi connectivity index (χ4n) is 4.25. The molecule has 3 fully saturated rings. The van der Waals surface area contributed by atoms with E-state index in [1.54, 1.807) is 0 Å². The molecule has 2 nitrogen and oxygen atoms in total. The maximum absolute atomic E-state index is 3.75. The highest BCUT2D eigenvalue weighted by atomic mass is 15.2. The molecule has 17 heavy (non-hydrogen) atoms. The van der Waals surface area contributed by atoms with Crippen molar-refractivity contribution in [1.29, 1.82) is 0 Å². The second kappa shape index (κ2) is 5.27. The van der Waals surface area contributed by atoms with E-state index in [2.05, 4.69) is 17.3 Å². The first kappa shape index (κ1) is 12.0. The van der Waals surface area contributed by atoms with Crippen molar-refractivity contribution in [1.82, 2.24) is 10.2 Å². The number of fused-ring (bicyclic) bond motifs is 2. The minimum absolute atomic E-state index is 0.840. The Morgan fingerprint density at radius 2 is 1.65 bits per heavy atom. The van der Waals surface area contributed by atoms with Crippen LogP contribution in [-0.4, -0.2) is 36.6 Å². The van der Waals surface area contributed by atoms with E-state index in [0.29, 0.717) is 0 Å². The van der Waals surface area contributed by atoms with Crippen molar-refractivity contribution in [3.63, 3.8) is 0 Å².